The topological polar surface area (TPSA) is 72.7 Å². The van der Waals surface area contributed by atoms with Crippen molar-refractivity contribution < 1.29 is 10.5 Å². The van der Waals surface area contributed by atoms with Gasteiger partial charge in [0.1, 0.15) is 5.75 Å². The summed E-state index contributed by atoms with van der Waals surface area (Å²) in [6.45, 7) is 3.87. The number of hydrogen-bond donors (Lipinski definition) is 2. The van der Waals surface area contributed by atoms with E-state index in [1.165, 1.54) is 0 Å². The van der Waals surface area contributed by atoms with Crippen LogP contribution in [0.4, 0.5) is 5.69 Å². The number of nitrogens with one attached hydrogen (secondary N) is 1. The van der Waals surface area contributed by atoms with E-state index in [0.29, 0.717) is 22.1 Å². The number of hydrogen-bond acceptors (Lipinski definition) is 3. The van der Waals surface area contributed by atoms with Crippen molar-refractivity contribution in [3.8, 4) is 11.8 Å². The van der Waals surface area contributed by atoms with Crippen molar-refractivity contribution >= 4 is 23.0 Å². The van der Waals surface area contributed by atoms with Crippen LogP contribution in [0.5, 0.6) is 5.75 Å². The molecule has 0 aliphatic rings. The predicted molar refractivity (Wildman–Crippen MR) is 66.0 cm³/mol. The maximum Gasteiger partial charge on any atom is 0.269 e. The zero-order chi connectivity index (χ0) is 12.1. The molecule has 0 radical (unpaired) electrons. The van der Waals surface area contributed by atoms with Crippen LogP contribution >= 0.6 is 12.2 Å². The summed E-state index contributed by atoms with van der Waals surface area (Å²) in [6, 6.07) is 7.20. The van der Waals surface area contributed by atoms with Gasteiger partial charge in [-0.25, -0.2) is 0 Å². The minimum Gasteiger partial charge on any atom is -0.489 e. The Morgan fingerprint density at radius 1 is 1.56 bits per heavy atom. The number of anilines is 1. The quantitative estimate of drug-likeness (QED) is 0.775. The minimum atomic E-state index is 0.0619. The van der Waals surface area contributed by atoms with Crippen molar-refractivity contribution in [3.63, 3.8) is 0 Å². The number of nitriles is 1. The van der Waals surface area contributed by atoms with E-state index in [1.807, 2.05) is 13.8 Å². The molecule has 0 saturated heterocycles. The number of ether oxygens (including phenoxy) is 1. The van der Waals surface area contributed by atoms with Crippen LogP contribution in [0.15, 0.2) is 18.2 Å². The molecule has 1 aromatic rings. The summed E-state index contributed by atoms with van der Waals surface area (Å²) in [6.07, 6.45) is 0.0619. The van der Waals surface area contributed by atoms with Crippen LogP contribution in [0.2, 0.25) is 0 Å². The molecule has 0 amide bonds. The number of rotatable bonds is 3. The fourth-order valence-electron chi connectivity index (χ4n) is 1.20. The van der Waals surface area contributed by atoms with Crippen LogP contribution in [-0.4, -0.2) is 11.2 Å². The third-order valence-corrected chi connectivity index (χ3v) is 1.85. The van der Waals surface area contributed by atoms with Gasteiger partial charge in [0.05, 0.1) is 23.4 Å². The first-order valence-electron chi connectivity index (χ1n) is 4.86. The van der Waals surface area contributed by atoms with Gasteiger partial charge in [0.2, 0.25) is 0 Å². The predicted octanol–water partition coefficient (Wildman–Crippen LogP) is 1.28. The molecular formula is C11H14N3OS+. The van der Waals surface area contributed by atoms with Gasteiger partial charge in [0, 0.05) is 12.2 Å². The van der Waals surface area contributed by atoms with E-state index in [1.54, 1.807) is 18.2 Å². The molecule has 5 heteroatoms. The average Bonchev–Trinajstić information content (AvgIpc) is 2.19. The van der Waals surface area contributed by atoms with Gasteiger partial charge in [-0.15, -0.1) is 0 Å². The molecule has 0 unspecified atom stereocenters. The van der Waals surface area contributed by atoms with E-state index < -0.39 is 0 Å². The van der Waals surface area contributed by atoms with Gasteiger partial charge in [0.25, 0.3) is 5.11 Å². The Kier molecular flexibility index (Phi) is 4.23. The Labute approximate surface area is 100 Å². The summed E-state index contributed by atoms with van der Waals surface area (Å²) in [5.74, 6) is 0.667. The number of thiocarbonyl (C=S) groups is 1. The Morgan fingerprint density at radius 2 is 2.25 bits per heavy atom. The average molecular weight is 236 g/mol. The number of benzene rings is 1. The second kappa shape index (κ2) is 5.45. The van der Waals surface area contributed by atoms with E-state index >= 15 is 0 Å². The van der Waals surface area contributed by atoms with Gasteiger partial charge in [-0.2, -0.15) is 5.26 Å². The summed E-state index contributed by atoms with van der Waals surface area (Å²) < 4.78 is 5.59. The second-order valence-electron chi connectivity index (χ2n) is 3.54. The Bertz CT molecular complexity index is 437. The van der Waals surface area contributed by atoms with Gasteiger partial charge >= 0.3 is 0 Å². The lowest BCUT2D eigenvalue weighted by atomic mass is 10.2. The van der Waals surface area contributed by atoms with E-state index in [0.717, 1.165) is 0 Å². The van der Waals surface area contributed by atoms with Gasteiger partial charge in [0.15, 0.2) is 0 Å². The molecule has 0 bridgehead atoms. The van der Waals surface area contributed by atoms with E-state index in [4.69, 9.17) is 22.2 Å². The molecule has 0 aromatic heterocycles. The second-order valence-corrected chi connectivity index (χ2v) is 4.03. The number of nitrogens with zero attached hydrogens (tertiary/aromatic N) is 1. The molecule has 16 heavy (non-hydrogen) atoms. The summed E-state index contributed by atoms with van der Waals surface area (Å²) in [5.41, 5.74) is 4.82. The highest BCUT2D eigenvalue weighted by Crippen LogP contribution is 2.26. The maximum absolute atomic E-state index is 8.80. The van der Waals surface area contributed by atoms with Crippen LogP contribution in [-0.2, 0) is 0 Å². The highest BCUT2D eigenvalue weighted by atomic mass is 32.1. The minimum absolute atomic E-state index is 0.0619. The van der Waals surface area contributed by atoms with E-state index in [2.05, 4.69) is 17.1 Å². The van der Waals surface area contributed by atoms with Crippen molar-refractivity contribution in [2.75, 3.05) is 5.32 Å². The normalized spacial score (nSPS) is 9.69. The summed E-state index contributed by atoms with van der Waals surface area (Å²) in [7, 11) is 0. The third-order valence-electron chi connectivity index (χ3n) is 1.75. The van der Waals surface area contributed by atoms with Crippen LogP contribution in [0.25, 0.3) is 0 Å². The molecule has 84 valence electrons. The van der Waals surface area contributed by atoms with E-state index in [9.17, 15) is 0 Å². The molecule has 4 N–H and O–H groups in total. The molecule has 0 atom stereocenters. The van der Waals surface area contributed by atoms with E-state index in [-0.39, 0.29) is 6.10 Å². The largest absolute Gasteiger partial charge is 0.489 e. The molecular weight excluding hydrogens is 222 g/mol. The van der Waals surface area contributed by atoms with Crippen LogP contribution in [0.1, 0.15) is 19.4 Å². The lowest BCUT2D eigenvalue weighted by molar-refractivity contribution is -0.208. The lowest BCUT2D eigenvalue weighted by Gasteiger charge is -2.14. The number of quaternary nitrogens is 1. The van der Waals surface area contributed by atoms with Crippen LogP contribution in [0.3, 0.4) is 0 Å². The maximum atomic E-state index is 8.80. The zero-order valence-electron chi connectivity index (χ0n) is 9.28. The lowest BCUT2D eigenvalue weighted by Crippen LogP contribution is -2.59. The Hall–Kier alpha value is -1.64. The summed E-state index contributed by atoms with van der Waals surface area (Å²) >= 11 is 4.87. The zero-order valence-corrected chi connectivity index (χ0v) is 10.1. The third kappa shape index (κ3) is 3.50. The Balaban J connectivity index is 3.06. The van der Waals surface area contributed by atoms with Crippen LogP contribution < -0.4 is 15.8 Å². The van der Waals surface area contributed by atoms with Crippen molar-refractivity contribution in [2.24, 2.45) is 0 Å². The first-order valence-corrected chi connectivity index (χ1v) is 5.27. The van der Waals surface area contributed by atoms with Crippen LogP contribution in [0, 0.1) is 11.3 Å². The summed E-state index contributed by atoms with van der Waals surface area (Å²) in [5, 5.41) is 12.1. The van der Waals surface area contributed by atoms with Gasteiger partial charge in [-0.1, -0.05) is 0 Å². The smallest absolute Gasteiger partial charge is 0.269 e. The fourth-order valence-corrected chi connectivity index (χ4v) is 1.31. The Morgan fingerprint density at radius 3 is 2.75 bits per heavy atom. The molecule has 0 spiro atoms. The first-order chi connectivity index (χ1) is 7.52. The van der Waals surface area contributed by atoms with Crippen molar-refractivity contribution in [1.29, 1.82) is 5.26 Å². The SMILES string of the molecule is CC(C)Oc1ccc(C#N)cc1NC([NH3+])=S. The fraction of sp³-hybridized carbons (Fsp3) is 0.273. The molecule has 1 aromatic carbocycles. The standard InChI is InChI=1S/C11H13N3OS/c1-7(2)15-10-4-3-8(6-12)5-9(10)14-11(13)16/h3-5,7H,1-2H3,(H3,13,14,16)/p+1. The molecule has 0 heterocycles. The molecule has 1 rings (SSSR count). The first kappa shape index (κ1) is 12.4. The molecule has 0 aliphatic carbocycles. The monoisotopic (exact) mass is 236 g/mol. The van der Waals surface area contributed by atoms with Gasteiger partial charge in [-0.05, 0) is 32.0 Å². The van der Waals surface area contributed by atoms with Crippen molar-refractivity contribution in [1.82, 2.24) is 0 Å². The van der Waals surface area contributed by atoms with Gasteiger partial charge in [-0.3, -0.25) is 5.32 Å². The molecule has 4 nitrogen and oxygen atoms in total. The van der Waals surface area contributed by atoms with Gasteiger partial charge < -0.3 is 10.5 Å². The summed E-state index contributed by atoms with van der Waals surface area (Å²) in [4.78, 5) is 0. The highest BCUT2D eigenvalue weighted by Gasteiger charge is 2.08. The van der Waals surface area contributed by atoms with Crippen molar-refractivity contribution in [3.05, 3.63) is 23.8 Å². The molecule has 0 fully saturated rings. The molecule has 0 saturated carbocycles. The molecule has 0 aliphatic heterocycles. The van der Waals surface area contributed by atoms with Crippen molar-refractivity contribution in [2.45, 2.75) is 20.0 Å². The highest BCUT2D eigenvalue weighted by molar-refractivity contribution is 7.80.